The molecule has 1 heterocycles. The number of nitrogens with one attached hydrogen (secondary N) is 1. The van der Waals surface area contributed by atoms with E-state index in [9.17, 15) is 27.6 Å². The summed E-state index contributed by atoms with van der Waals surface area (Å²) in [6.07, 6.45) is -3.33. The van der Waals surface area contributed by atoms with E-state index in [1.54, 1.807) is 12.1 Å². The Balaban J connectivity index is 2.03. The molecule has 2 rings (SSSR count). The molecule has 0 saturated carbocycles. The molecule has 9 heteroatoms. The van der Waals surface area contributed by atoms with Crippen molar-refractivity contribution in [3.05, 3.63) is 64.1 Å². The largest absolute Gasteiger partial charge is 0.417 e. The number of likely N-dealkylation sites (N-methyl/N-ethyl adjacent to an activating group) is 1. The van der Waals surface area contributed by atoms with Gasteiger partial charge in [-0.25, -0.2) is 0 Å². The third-order valence-corrected chi connectivity index (χ3v) is 4.10. The number of carbonyl (C=O) groups is 2. The zero-order chi connectivity index (χ0) is 20.9. The van der Waals surface area contributed by atoms with Crippen LogP contribution in [0, 0.1) is 0 Å². The highest BCUT2D eigenvalue weighted by molar-refractivity contribution is 5.95. The first-order chi connectivity index (χ1) is 13.1. The van der Waals surface area contributed by atoms with Crippen LogP contribution in [0.4, 0.5) is 18.9 Å². The van der Waals surface area contributed by atoms with Gasteiger partial charge in [-0.05, 0) is 24.1 Å². The Morgan fingerprint density at radius 1 is 1.14 bits per heavy atom. The molecule has 0 unspecified atom stereocenters. The highest BCUT2D eigenvalue weighted by atomic mass is 19.4. The van der Waals surface area contributed by atoms with Crippen molar-refractivity contribution in [1.29, 1.82) is 0 Å². The summed E-state index contributed by atoms with van der Waals surface area (Å²) in [5.74, 6) is -1.12. The van der Waals surface area contributed by atoms with Gasteiger partial charge in [0.05, 0.1) is 12.1 Å². The molecule has 0 spiro atoms. The number of anilines is 1. The quantitative estimate of drug-likeness (QED) is 0.817. The average molecular weight is 395 g/mol. The Labute approximate surface area is 159 Å². The van der Waals surface area contributed by atoms with Crippen LogP contribution in [-0.2, 0) is 28.7 Å². The minimum absolute atomic E-state index is 0.301. The molecule has 1 aromatic carbocycles. The summed E-state index contributed by atoms with van der Waals surface area (Å²) in [5, 5.41) is 2.70. The first kappa shape index (κ1) is 21.2. The molecule has 0 aliphatic heterocycles. The number of benzene rings is 1. The lowest BCUT2D eigenvalue weighted by molar-refractivity contribution is -0.138. The molecule has 150 valence electrons. The number of rotatable bonds is 6. The van der Waals surface area contributed by atoms with E-state index in [0.29, 0.717) is 28.9 Å². The van der Waals surface area contributed by atoms with Crippen LogP contribution < -0.4 is 10.9 Å². The van der Waals surface area contributed by atoms with Crippen LogP contribution in [-0.4, -0.2) is 34.9 Å². The molecule has 0 fully saturated rings. The number of para-hydroxylation sites is 1. The molecule has 6 nitrogen and oxygen atoms in total. The fourth-order valence-corrected chi connectivity index (χ4v) is 2.53. The first-order valence-electron chi connectivity index (χ1n) is 8.51. The maximum absolute atomic E-state index is 12.8. The smallest absolute Gasteiger partial charge is 0.335 e. The summed E-state index contributed by atoms with van der Waals surface area (Å²) in [7, 11) is 1.34. The summed E-state index contributed by atoms with van der Waals surface area (Å²) < 4.78 is 39.0. The minimum Gasteiger partial charge on any atom is -0.335 e. The molecule has 0 atom stereocenters. The van der Waals surface area contributed by atoms with Gasteiger partial charge in [0.2, 0.25) is 11.8 Å². The lowest BCUT2D eigenvalue weighted by atomic mass is 10.1. The maximum Gasteiger partial charge on any atom is 0.417 e. The molecule has 28 heavy (non-hydrogen) atoms. The molecule has 1 aromatic heterocycles. The van der Waals surface area contributed by atoms with Crippen LogP contribution in [0.1, 0.15) is 18.1 Å². The van der Waals surface area contributed by atoms with Crippen molar-refractivity contribution in [2.24, 2.45) is 0 Å². The second kappa shape index (κ2) is 8.73. The topological polar surface area (TPSA) is 71.4 Å². The van der Waals surface area contributed by atoms with Crippen LogP contribution in [0.25, 0.3) is 0 Å². The number of nitrogens with zero attached hydrogens (tertiary/aromatic N) is 2. The minimum atomic E-state index is -4.63. The molecule has 1 N–H and O–H groups in total. The van der Waals surface area contributed by atoms with Gasteiger partial charge in [0, 0.05) is 25.0 Å². The average Bonchev–Trinajstić information content (AvgIpc) is 2.62. The molecule has 0 saturated heterocycles. The number of aromatic nitrogens is 1. The molecule has 2 aromatic rings. The SMILES string of the molecule is CCc1ccccc1NC(=O)CN(C)C(=O)Cn1cc(C(F)(F)F)ccc1=O. The van der Waals surface area contributed by atoms with E-state index in [0.717, 1.165) is 16.5 Å². The molecule has 2 amide bonds. The summed E-state index contributed by atoms with van der Waals surface area (Å²) in [6, 6.07) is 8.63. The summed E-state index contributed by atoms with van der Waals surface area (Å²) >= 11 is 0. The molecular formula is C19H20F3N3O3. The van der Waals surface area contributed by atoms with Crippen molar-refractivity contribution in [1.82, 2.24) is 9.47 Å². The zero-order valence-electron chi connectivity index (χ0n) is 15.4. The number of hydrogen-bond donors (Lipinski definition) is 1. The van der Waals surface area contributed by atoms with E-state index in [1.807, 2.05) is 19.1 Å². The number of aryl methyl sites for hydroxylation is 1. The first-order valence-corrected chi connectivity index (χ1v) is 8.51. The molecule has 0 bridgehead atoms. The van der Waals surface area contributed by atoms with E-state index in [2.05, 4.69) is 5.32 Å². The van der Waals surface area contributed by atoms with Crippen molar-refractivity contribution in [2.75, 3.05) is 18.9 Å². The predicted molar refractivity (Wildman–Crippen MR) is 97.8 cm³/mol. The summed E-state index contributed by atoms with van der Waals surface area (Å²) in [4.78, 5) is 37.2. The highest BCUT2D eigenvalue weighted by Crippen LogP contribution is 2.28. The van der Waals surface area contributed by atoms with Crippen molar-refractivity contribution >= 4 is 17.5 Å². The molecule has 0 radical (unpaired) electrons. The van der Waals surface area contributed by atoms with E-state index in [4.69, 9.17) is 0 Å². The van der Waals surface area contributed by atoms with E-state index < -0.39 is 35.7 Å². The van der Waals surface area contributed by atoms with Gasteiger partial charge < -0.3 is 14.8 Å². The monoisotopic (exact) mass is 395 g/mol. The van der Waals surface area contributed by atoms with Crippen LogP contribution in [0.3, 0.4) is 0 Å². The molecule has 0 aliphatic carbocycles. The number of pyridine rings is 1. The Kier molecular flexibility index (Phi) is 6.61. The van der Waals surface area contributed by atoms with Gasteiger partial charge in [0.1, 0.15) is 6.54 Å². The lowest BCUT2D eigenvalue weighted by Crippen LogP contribution is -2.38. The third-order valence-electron chi connectivity index (χ3n) is 4.10. The number of hydrogen-bond acceptors (Lipinski definition) is 3. The number of carbonyl (C=O) groups excluding carboxylic acids is 2. The van der Waals surface area contributed by atoms with Crippen molar-refractivity contribution in [3.8, 4) is 0 Å². The Bertz CT molecular complexity index is 922. The maximum atomic E-state index is 12.8. The fourth-order valence-electron chi connectivity index (χ4n) is 2.53. The predicted octanol–water partition coefficient (Wildman–Crippen LogP) is 2.53. The van der Waals surface area contributed by atoms with Gasteiger partial charge in [0.25, 0.3) is 5.56 Å². The summed E-state index contributed by atoms with van der Waals surface area (Å²) in [6.45, 7) is 1.04. The van der Waals surface area contributed by atoms with Crippen LogP contribution in [0.15, 0.2) is 47.4 Å². The van der Waals surface area contributed by atoms with Crippen LogP contribution >= 0.6 is 0 Å². The Hall–Kier alpha value is -3.10. The van der Waals surface area contributed by atoms with E-state index in [1.165, 1.54) is 7.05 Å². The number of halogens is 3. The van der Waals surface area contributed by atoms with E-state index >= 15 is 0 Å². The fraction of sp³-hybridized carbons (Fsp3) is 0.316. The van der Waals surface area contributed by atoms with Crippen molar-refractivity contribution < 1.29 is 22.8 Å². The normalized spacial score (nSPS) is 11.2. The van der Waals surface area contributed by atoms with Gasteiger partial charge >= 0.3 is 6.18 Å². The second-order valence-electron chi connectivity index (χ2n) is 6.19. The van der Waals surface area contributed by atoms with Crippen LogP contribution in [0.2, 0.25) is 0 Å². The van der Waals surface area contributed by atoms with Crippen molar-refractivity contribution in [2.45, 2.75) is 26.1 Å². The lowest BCUT2D eigenvalue weighted by Gasteiger charge is -2.18. The molecule has 0 aliphatic rings. The summed E-state index contributed by atoms with van der Waals surface area (Å²) in [5.41, 5.74) is -0.210. The Morgan fingerprint density at radius 2 is 1.82 bits per heavy atom. The van der Waals surface area contributed by atoms with E-state index in [-0.39, 0.29) is 6.54 Å². The van der Waals surface area contributed by atoms with Gasteiger partial charge in [-0.1, -0.05) is 25.1 Å². The van der Waals surface area contributed by atoms with Gasteiger partial charge in [-0.2, -0.15) is 13.2 Å². The highest BCUT2D eigenvalue weighted by Gasteiger charge is 2.31. The van der Waals surface area contributed by atoms with Gasteiger partial charge in [-0.3, -0.25) is 14.4 Å². The van der Waals surface area contributed by atoms with Crippen LogP contribution in [0.5, 0.6) is 0 Å². The second-order valence-corrected chi connectivity index (χ2v) is 6.19. The Morgan fingerprint density at radius 3 is 2.46 bits per heavy atom. The van der Waals surface area contributed by atoms with Crippen molar-refractivity contribution in [3.63, 3.8) is 0 Å². The molecular weight excluding hydrogens is 375 g/mol. The number of alkyl halides is 3. The van der Waals surface area contributed by atoms with Gasteiger partial charge in [-0.15, -0.1) is 0 Å². The zero-order valence-corrected chi connectivity index (χ0v) is 15.4. The number of amides is 2. The standard InChI is InChI=1S/C19H20F3N3O3/c1-3-13-6-4-5-7-15(13)23-16(26)11-24(2)18(28)12-25-10-14(19(20,21)22)8-9-17(25)27/h4-10H,3,11-12H2,1-2H3,(H,23,26). The van der Waals surface area contributed by atoms with Gasteiger partial charge in [0.15, 0.2) is 0 Å². The third kappa shape index (κ3) is 5.45.